The average Bonchev–Trinajstić information content (AvgIpc) is 1.72. The van der Waals surface area contributed by atoms with Crippen LogP contribution in [0.3, 0.4) is 0 Å². The van der Waals surface area contributed by atoms with E-state index < -0.39 is 0 Å². The van der Waals surface area contributed by atoms with Crippen LogP contribution in [0.5, 0.6) is 0 Å². The van der Waals surface area contributed by atoms with Gasteiger partial charge < -0.3 is 11.1 Å². The van der Waals surface area contributed by atoms with Crippen LogP contribution >= 0.6 is 12.6 Å². The van der Waals surface area contributed by atoms with E-state index in [2.05, 4.69) is 17.9 Å². The molecule has 0 aliphatic carbocycles. The number of hydrogen-bond acceptors (Lipinski definition) is 3. The second kappa shape index (κ2) is 4.43. The zero-order valence-electron chi connectivity index (χ0n) is 4.52. The van der Waals surface area contributed by atoms with Gasteiger partial charge in [-0.25, -0.2) is 0 Å². The van der Waals surface area contributed by atoms with Gasteiger partial charge in [0.15, 0.2) is 0 Å². The van der Waals surface area contributed by atoms with Crippen LogP contribution < -0.4 is 11.1 Å². The number of likely N-dealkylation sites (N-methyl/N-ethyl adjacent to an activating group) is 1. The number of nitrogens with one attached hydrogen (secondary N) is 1. The molecule has 1 atom stereocenters. The number of rotatable bonds is 3. The lowest BCUT2D eigenvalue weighted by atomic mass is 10.3. The molecule has 0 heterocycles. The van der Waals surface area contributed by atoms with Crippen molar-refractivity contribution in [3.8, 4) is 0 Å². The molecule has 44 valence electrons. The Morgan fingerprint density at radius 3 is 2.43 bits per heavy atom. The van der Waals surface area contributed by atoms with E-state index in [1.807, 2.05) is 7.05 Å². The fourth-order valence-corrected chi connectivity index (χ4v) is 0.615. The van der Waals surface area contributed by atoms with E-state index in [4.69, 9.17) is 5.73 Å². The lowest BCUT2D eigenvalue weighted by Gasteiger charge is -2.07. The predicted octanol–water partition coefficient (Wildman–Crippen LogP) is -0.537. The van der Waals surface area contributed by atoms with Crippen LogP contribution in [-0.4, -0.2) is 25.4 Å². The third-order valence-corrected chi connectivity index (χ3v) is 1.35. The third kappa shape index (κ3) is 2.91. The van der Waals surface area contributed by atoms with E-state index in [9.17, 15) is 0 Å². The molecule has 0 bridgehead atoms. The van der Waals surface area contributed by atoms with E-state index in [-0.39, 0.29) is 0 Å². The van der Waals surface area contributed by atoms with Crippen LogP contribution in [0.4, 0.5) is 0 Å². The van der Waals surface area contributed by atoms with Crippen molar-refractivity contribution in [2.45, 2.75) is 6.04 Å². The number of thiol groups is 1. The highest BCUT2D eigenvalue weighted by atomic mass is 32.1. The van der Waals surface area contributed by atoms with Gasteiger partial charge in [-0.05, 0) is 7.05 Å². The summed E-state index contributed by atoms with van der Waals surface area (Å²) in [4.78, 5) is 0. The lowest BCUT2D eigenvalue weighted by Crippen LogP contribution is -2.34. The van der Waals surface area contributed by atoms with Gasteiger partial charge in [-0.15, -0.1) is 0 Å². The molecule has 0 saturated carbocycles. The van der Waals surface area contributed by atoms with Crippen LogP contribution in [0.2, 0.25) is 0 Å². The minimum atomic E-state index is 0.378. The second-order valence-corrected chi connectivity index (χ2v) is 1.77. The molecule has 0 aliphatic rings. The first kappa shape index (κ1) is 7.27. The zero-order valence-corrected chi connectivity index (χ0v) is 5.41. The molecule has 0 saturated heterocycles. The SMILES string of the molecule is CN[C@@H](CN)CS. The van der Waals surface area contributed by atoms with E-state index >= 15 is 0 Å². The van der Waals surface area contributed by atoms with Crippen LogP contribution in [0.1, 0.15) is 0 Å². The standard InChI is InChI=1S/C4H12N2S/c1-6-4(2-5)3-7/h4,6-7H,2-3,5H2,1H3/t4-/m0/s1. The predicted molar refractivity (Wildman–Crippen MR) is 35.8 cm³/mol. The highest BCUT2D eigenvalue weighted by Crippen LogP contribution is 1.80. The molecule has 0 aromatic carbocycles. The summed E-state index contributed by atoms with van der Waals surface area (Å²) in [6.45, 7) is 0.667. The van der Waals surface area contributed by atoms with Crippen molar-refractivity contribution in [2.75, 3.05) is 19.3 Å². The van der Waals surface area contributed by atoms with Crippen molar-refractivity contribution in [3.05, 3.63) is 0 Å². The molecule has 0 spiro atoms. The molecule has 0 aromatic heterocycles. The quantitative estimate of drug-likeness (QED) is 0.438. The summed E-state index contributed by atoms with van der Waals surface area (Å²) in [7, 11) is 1.88. The Bertz CT molecular complexity index is 31.2. The van der Waals surface area contributed by atoms with E-state index in [1.54, 1.807) is 0 Å². The van der Waals surface area contributed by atoms with Gasteiger partial charge in [-0.1, -0.05) is 0 Å². The normalized spacial score (nSPS) is 14.1. The van der Waals surface area contributed by atoms with E-state index in [0.717, 1.165) is 5.75 Å². The van der Waals surface area contributed by atoms with Crippen LogP contribution in [-0.2, 0) is 0 Å². The van der Waals surface area contributed by atoms with Gasteiger partial charge in [-0.3, -0.25) is 0 Å². The summed E-state index contributed by atoms with van der Waals surface area (Å²) < 4.78 is 0. The van der Waals surface area contributed by atoms with Crippen LogP contribution in [0.15, 0.2) is 0 Å². The van der Waals surface area contributed by atoms with Gasteiger partial charge >= 0.3 is 0 Å². The fourth-order valence-electron chi connectivity index (χ4n) is 0.284. The topological polar surface area (TPSA) is 38.0 Å². The van der Waals surface area contributed by atoms with Crippen LogP contribution in [0.25, 0.3) is 0 Å². The minimum absolute atomic E-state index is 0.378. The molecule has 0 aliphatic heterocycles. The Balaban J connectivity index is 2.99. The first-order valence-electron chi connectivity index (χ1n) is 2.33. The molecule has 0 fully saturated rings. The van der Waals surface area contributed by atoms with Gasteiger partial charge in [0.25, 0.3) is 0 Å². The lowest BCUT2D eigenvalue weighted by molar-refractivity contribution is 0.631. The summed E-state index contributed by atoms with van der Waals surface area (Å²) in [5.74, 6) is 0.812. The van der Waals surface area contributed by atoms with E-state index in [1.165, 1.54) is 0 Å². The Morgan fingerprint density at radius 1 is 1.86 bits per heavy atom. The Kier molecular flexibility index (Phi) is 4.60. The van der Waals surface area contributed by atoms with Crippen molar-refractivity contribution in [2.24, 2.45) is 5.73 Å². The number of nitrogens with two attached hydrogens (primary N) is 1. The Hall–Kier alpha value is 0.270. The maximum Gasteiger partial charge on any atom is 0.0275 e. The van der Waals surface area contributed by atoms with Crippen molar-refractivity contribution >= 4 is 12.6 Å². The third-order valence-electron chi connectivity index (χ3n) is 0.913. The summed E-state index contributed by atoms with van der Waals surface area (Å²) in [6.07, 6.45) is 0. The maximum atomic E-state index is 5.28. The molecular formula is C4H12N2S. The molecule has 0 aromatic rings. The van der Waals surface area contributed by atoms with Crippen molar-refractivity contribution in [1.82, 2.24) is 5.32 Å². The fraction of sp³-hybridized carbons (Fsp3) is 1.00. The molecule has 7 heavy (non-hydrogen) atoms. The minimum Gasteiger partial charge on any atom is -0.329 e. The molecule has 0 radical (unpaired) electrons. The van der Waals surface area contributed by atoms with Gasteiger partial charge in [0, 0.05) is 18.3 Å². The van der Waals surface area contributed by atoms with Gasteiger partial charge in [0.2, 0.25) is 0 Å². The summed E-state index contributed by atoms with van der Waals surface area (Å²) in [5, 5.41) is 3.00. The Morgan fingerprint density at radius 2 is 2.43 bits per heavy atom. The molecule has 0 unspecified atom stereocenters. The summed E-state index contributed by atoms with van der Waals surface area (Å²) in [6, 6.07) is 0.378. The largest absolute Gasteiger partial charge is 0.329 e. The van der Waals surface area contributed by atoms with Gasteiger partial charge in [-0.2, -0.15) is 12.6 Å². The first-order chi connectivity index (χ1) is 3.35. The highest BCUT2D eigenvalue weighted by Gasteiger charge is 1.95. The van der Waals surface area contributed by atoms with Crippen molar-refractivity contribution < 1.29 is 0 Å². The molecule has 3 N–H and O–H groups in total. The summed E-state index contributed by atoms with van der Waals surface area (Å²) in [5.41, 5.74) is 5.28. The molecule has 3 heteroatoms. The zero-order chi connectivity index (χ0) is 5.70. The summed E-state index contributed by atoms with van der Waals surface area (Å²) >= 11 is 4.03. The second-order valence-electron chi connectivity index (χ2n) is 1.40. The maximum absolute atomic E-state index is 5.28. The van der Waals surface area contributed by atoms with Gasteiger partial charge in [0.1, 0.15) is 0 Å². The number of hydrogen-bond donors (Lipinski definition) is 3. The van der Waals surface area contributed by atoms with Gasteiger partial charge in [0.05, 0.1) is 0 Å². The average molecular weight is 120 g/mol. The van der Waals surface area contributed by atoms with Crippen LogP contribution in [0, 0.1) is 0 Å². The molecular weight excluding hydrogens is 108 g/mol. The molecule has 2 nitrogen and oxygen atoms in total. The Labute approximate surface area is 49.9 Å². The molecule has 0 rings (SSSR count). The van der Waals surface area contributed by atoms with Crippen molar-refractivity contribution in [1.29, 1.82) is 0 Å². The first-order valence-corrected chi connectivity index (χ1v) is 2.96. The smallest absolute Gasteiger partial charge is 0.0275 e. The van der Waals surface area contributed by atoms with E-state index in [0.29, 0.717) is 12.6 Å². The van der Waals surface area contributed by atoms with Crippen molar-refractivity contribution in [3.63, 3.8) is 0 Å². The molecule has 0 amide bonds. The monoisotopic (exact) mass is 120 g/mol. The highest BCUT2D eigenvalue weighted by molar-refractivity contribution is 7.80.